The van der Waals surface area contributed by atoms with E-state index in [1.54, 1.807) is 0 Å². The van der Waals surface area contributed by atoms with Gasteiger partial charge in [-0.3, -0.25) is 0 Å². The Balaban J connectivity index is 2.21. The molecule has 0 aliphatic carbocycles. The Kier molecular flexibility index (Phi) is 5.26. The summed E-state index contributed by atoms with van der Waals surface area (Å²) in [5.41, 5.74) is 1.62. The highest BCUT2D eigenvalue weighted by Crippen LogP contribution is 2.35. The Morgan fingerprint density at radius 2 is 1.89 bits per heavy atom. The van der Waals surface area contributed by atoms with Crippen LogP contribution in [0.1, 0.15) is 57.9 Å². The standard InChI is InChI=1S/C17H27NO/c1-3-12-17(13-6-5-7-14-18-17)15-8-10-16(11-9-15)19-4-2/h8-11,18H,3-7,12-14H2,1-2H3. The maximum Gasteiger partial charge on any atom is 0.119 e. The Bertz CT molecular complexity index is 363. The van der Waals surface area contributed by atoms with Crippen LogP contribution >= 0.6 is 0 Å². The molecule has 1 atom stereocenters. The second-order valence-corrected chi connectivity index (χ2v) is 5.53. The smallest absolute Gasteiger partial charge is 0.119 e. The molecule has 1 aromatic carbocycles. The summed E-state index contributed by atoms with van der Waals surface area (Å²) in [6.45, 7) is 6.19. The summed E-state index contributed by atoms with van der Waals surface area (Å²) >= 11 is 0. The normalized spacial score (nSPS) is 23.9. The fourth-order valence-corrected chi connectivity index (χ4v) is 3.21. The van der Waals surface area contributed by atoms with E-state index in [1.165, 1.54) is 44.1 Å². The van der Waals surface area contributed by atoms with Gasteiger partial charge in [-0.05, 0) is 50.4 Å². The molecule has 0 amide bonds. The molecule has 0 bridgehead atoms. The van der Waals surface area contributed by atoms with Crippen LogP contribution in [0.3, 0.4) is 0 Å². The van der Waals surface area contributed by atoms with Gasteiger partial charge in [0, 0.05) is 5.54 Å². The molecule has 0 spiro atoms. The zero-order valence-corrected chi connectivity index (χ0v) is 12.4. The first kappa shape index (κ1) is 14.4. The van der Waals surface area contributed by atoms with Gasteiger partial charge in [-0.15, -0.1) is 0 Å². The van der Waals surface area contributed by atoms with E-state index in [-0.39, 0.29) is 5.54 Å². The minimum Gasteiger partial charge on any atom is -0.494 e. The number of hydrogen-bond donors (Lipinski definition) is 1. The Morgan fingerprint density at radius 3 is 2.58 bits per heavy atom. The molecule has 1 N–H and O–H groups in total. The van der Waals surface area contributed by atoms with Gasteiger partial charge >= 0.3 is 0 Å². The van der Waals surface area contributed by atoms with E-state index < -0.39 is 0 Å². The average molecular weight is 261 g/mol. The van der Waals surface area contributed by atoms with Crippen LogP contribution in [0.15, 0.2) is 24.3 Å². The van der Waals surface area contributed by atoms with Crippen LogP contribution < -0.4 is 10.1 Å². The van der Waals surface area contributed by atoms with Crippen molar-refractivity contribution in [3.05, 3.63) is 29.8 Å². The highest BCUT2D eigenvalue weighted by Gasteiger charge is 2.31. The Hall–Kier alpha value is -1.02. The summed E-state index contributed by atoms with van der Waals surface area (Å²) in [4.78, 5) is 0. The van der Waals surface area contributed by atoms with Crippen LogP contribution in [-0.2, 0) is 5.54 Å². The molecule has 2 rings (SSSR count). The fraction of sp³-hybridized carbons (Fsp3) is 0.647. The maximum atomic E-state index is 5.55. The van der Waals surface area contributed by atoms with E-state index in [9.17, 15) is 0 Å². The molecular weight excluding hydrogens is 234 g/mol. The molecule has 106 valence electrons. The van der Waals surface area contributed by atoms with Gasteiger partial charge in [0.2, 0.25) is 0 Å². The number of rotatable bonds is 5. The maximum absolute atomic E-state index is 5.55. The van der Waals surface area contributed by atoms with Gasteiger partial charge in [0.05, 0.1) is 6.61 Å². The summed E-state index contributed by atoms with van der Waals surface area (Å²) in [6.07, 6.45) is 7.70. The molecule has 0 saturated carbocycles. The lowest BCUT2D eigenvalue weighted by Crippen LogP contribution is -2.41. The summed E-state index contributed by atoms with van der Waals surface area (Å²) in [5.74, 6) is 0.978. The van der Waals surface area contributed by atoms with Crippen molar-refractivity contribution in [2.24, 2.45) is 0 Å². The number of nitrogens with one attached hydrogen (secondary N) is 1. The van der Waals surface area contributed by atoms with Crippen molar-refractivity contribution >= 4 is 0 Å². The minimum atomic E-state index is 0.190. The van der Waals surface area contributed by atoms with Gasteiger partial charge in [0.1, 0.15) is 5.75 Å². The molecule has 1 saturated heterocycles. The van der Waals surface area contributed by atoms with Crippen LogP contribution in [-0.4, -0.2) is 13.2 Å². The molecule has 1 aliphatic rings. The molecule has 1 fully saturated rings. The minimum absolute atomic E-state index is 0.190. The van der Waals surface area contributed by atoms with Crippen molar-refractivity contribution in [1.82, 2.24) is 5.32 Å². The van der Waals surface area contributed by atoms with E-state index in [0.29, 0.717) is 0 Å². The predicted molar refractivity (Wildman–Crippen MR) is 80.7 cm³/mol. The van der Waals surface area contributed by atoms with Crippen LogP contribution in [0.25, 0.3) is 0 Å². The lowest BCUT2D eigenvalue weighted by atomic mass is 9.82. The Labute approximate surface area is 117 Å². The van der Waals surface area contributed by atoms with Crippen molar-refractivity contribution in [2.75, 3.05) is 13.2 Å². The zero-order valence-electron chi connectivity index (χ0n) is 12.4. The molecular formula is C17H27NO. The molecule has 1 aliphatic heterocycles. The van der Waals surface area contributed by atoms with Crippen LogP contribution in [0.5, 0.6) is 5.75 Å². The second-order valence-electron chi connectivity index (χ2n) is 5.53. The summed E-state index contributed by atoms with van der Waals surface area (Å²) in [6, 6.07) is 8.73. The SMILES string of the molecule is CCCC1(c2ccc(OCC)cc2)CCCCCN1. The molecule has 2 nitrogen and oxygen atoms in total. The van der Waals surface area contributed by atoms with Crippen molar-refractivity contribution in [2.45, 2.75) is 57.9 Å². The third kappa shape index (κ3) is 3.50. The van der Waals surface area contributed by atoms with Crippen LogP contribution in [0, 0.1) is 0 Å². The molecule has 1 unspecified atom stereocenters. The lowest BCUT2D eigenvalue weighted by Gasteiger charge is -2.34. The van der Waals surface area contributed by atoms with Crippen LogP contribution in [0.4, 0.5) is 0 Å². The monoisotopic (exact) mass is 261 g/mol. The van der Waals surface area contributed by atoms with Gasteiger partial charge in [0.25, 0.3) is 0 Å². The van der Waals surface area contributed by atoms with Crippen molar-refractivity contribution in [3.63, 3.8) is 0 Å². The van der Waals surface area contributed by atoms with Gasteiger partial charge < -0.3 is 10.1 Å². The average Bonchev–Trinajstić information content (AvgIpc) is 2.67. The second kappa shape index (κ2) is 6.95. The topological polar surface area (TPSA) is 21.3 Å². The summed E-state index contributed by atoms with van der Waals surface area (Å²) in [7, 11) is 0. The van der Waals surface area contributed by atoms with Gasteiger partial charge in [-0.25, -0.2) is 0 Å². The van der Waals surface area contributed by atoms with Crippen molar-refractivity contribution in [3.8, 4) is 5.75 Å². The number of benzene rings is 1. The van der Waals surface area contributed by atoms with E-state index in [4.69, 9.17) is 4.74 Å². The first-order valence-corrected chi connectivity index (χ1v) is 7.79. The van der Waals surface area contributed by atoms with Gasteiger partial charge in [-0.2, -0.15) is 0 Å². The lowest BCUT2D eigenvalue weighted by molar-refractivity contribution is 0.296. The number of hydrogen-bond acceptors (Lipinski definition) is 2. The molecule has 19 heavy (non-hydrogen) atoms. The summed E-state index contributed by atoms with van der Waals surface area (Å²) < 4.78 is 5.55. The molecule has 1 heterocycles. The largest absolute Gasteiger partial charge is 0.494 e. The van der Waals surface area contributed by atoms with Crippen molar-refractivity contribution < 1.29 is 4.74 Å². The highest BCUT2D eigenvalue weighted by atomic mass is 16.5. The first-order valence-electron chi connectivity index (χ1n) is 7.79. The highest BCUT2D eigenvalue weighted by molar-refractivity contribution is 5.32. The molecule has 2 heteroatoms. The summed E-state index contributed by atoms with van der Waals surface area (Å²) in [5, 5.41) is 3.82. The van der Waals surface area contributed by atoms with E-state index >= 15 is 0 Å². The quantitative estimate of drug-likeness (QED) is 0.855. The van der Waals surface area contributed by atoms with Crippen LogP contribution in [0.2, 0.25) is 0 Å². The third-order valence-electron chi connectivity index (χ3n) is 4.14. The van der Waals surface area contributed by atoms with E-state index in [1.807, 2.05) is 6.92 Å². The molecule has 1 aromatic rings. The first-order chi connectivity index (χ1) is 9.30. The molecule has 0 radical (unpaired) electrons. The molecule has 0 aromatic heterocycles. The fourth-order valence-electron chi connectivity index (χ4n) is 3.21. The van der Waals surface area contributed by atoms with E-state index in [0.717, 1.165) is 18.9 Å². The predicted octanol–water partition coefficient (Wildman–Crippen LogP) is 4.24. The number of ether oxygens (including phenoxy) is 1. The third-order valence-corrected chi connectivity index (χ3v) is 4.14. The van der Waals surface area contributed by atoms with Gasteiger partial charge in [0.15, 0.2) is 0 Å². The van der Waals surface area contributed by atoms with Crippen molar-refractivity contribution in [1.29, 1.82) is 0 Å². The van der Waals surface area contributed by atoms with Gasteiger partial charge in [-0.1, -0.05) is 38.3 Å². The zero-order chi connectivity index (χ0) is 13.6. The van der Waals surface area contributed by atoms with E-state index in [2.05, 4.69) is 36.5 Å². The Morgan fingerprint density at radius 1 is 1.11 bits per heavy atom.